The molecule has 2 atom stereocenters. The molecule has 0 aromatic rings. The molecular weight excluding hydrogens is 444 g/mol. The van der Waals surface area contributed by atoms with Gasteiger partial charge in [0.05, 0.1) is 7.11 Å². The van der Waals surface area contributed by atoms with Gasteiger partial charge in [-0.05, 0) is 40.0 Å². The molecule has 29 heavy (non-hydrogen) atoms. The number of hydrazine groups is 1. The van der Waals surface area contributed by atoms with Gasteiger partial charge in [-0.15, -0.1) is 0 Å². The summed E-state index contributed by atoms with van der Waals surface area (Å²) in [4.78, 5) is 39.5. The van der Waals surface area contributed by atoms with Gasteiger partial charge < -0.3 is 14.8 Å². The van der Waals surface area contributed by atoms with Crippen LogP contribution in [-0.2, 0) is 19.1 Å². The van der Waals surface area contributed by atoms with Crippen molar-refractivity contribution in [2.24, 2.45) is 0 Å². The summed E-state index contributed by atoms with van der Waals surface area (Å²) in [5, 5.41) is 4.11. The lowest BCUT2D eigenvalue weighted by atomic mass is 10.1. The molecule has 0 aromatic heterocycles. The molecule has 164 valence electrons. The zero-order valence-electron chi connectivity index (χ0n) is 17.5. The summed E-state index contributed by atoms with van der Waals surface area (Å²) in [6.45, 7) is 7.53. The van der Waals surface area contributed by atoms with Crippen LogP contribution in [0.5, 0.6) is 0 Å². The molecule has 2 N–H and O–H groups in total. The molecule has 1 saturated heterocycles. The number of amides is 2. The van der Waals surface area contributed by atoms with Crippen LogP contribution in [0.3, 0.4) is 0 Å². The normalized spacial score (nSPS) is 21.8. The maximum absolute atomic E-state index is 13.2. The fourth-order valence-electron chi connectivity index (χ4n) is 3.26. The molecule has 0 saturated carbocycles. The minimum Gasteiger partial charge on any atom is -0.468 e. The van der Waals surface area contributed by atoms with Crippen molar-refractivity contribution in [2.75, 3.05) is 33.3 Å². The third kappa shape index (κ3) is 7.60. The molecule has 2 aliphatic rings. The van der Waals surface area contributed by atoms with Crippen LogP contribution < -0.4 is 10.7 Å². The molecule has 0 spiro atoms. The molecule has 10 heteroatoms. The highest BCUT2D eigenvalue weighted by atomic mass is 79.9. The number of methoxy groups -OCH3 is 1. The van der Waals surface area contributed by atoms with Gasteiger partial charge >= 0.3 is 12.1 Å². The summed E-state index contributed by atoms with van der Waals surface area (Å²) in [6, 6.07) is -1.39. The largest absolute Gasteiger partial charge is 0.468 e. The van der Waals surface area contributed by atoms with Crippen LogP contribution in [-0.4, -0.2) is 78.9 Å². The fraction of sp³-hybridized carbons (Fsp3) is 0.737. The maximum atomic E-state index is 13.2. The number of hydrogen-bond acceptors (Lipinski definition) is 7. The molecule has 2 amide bonds. The van der Waals surface area contributed by atoms with E-state index >= 15 is 0 Å². The Bertz CT molecular complexity index is 649. The van der Waals surface area contributed by atoms with Crippen molar-refractivity contribution >= 4 is 33.9 Å². The van der Waals surface area contributed by atoms with E-state index in [1.807, 2.05) is 0 Å². The van der Waals surface area contributed by atoms with Crippen molar-refractivity contribution in [3.05, 3.63) is 10.6 Å². The van der Waals surface area contributed by atoms with E-state index in [1.54, 1.807) is 20.8 Å². The molecule has 0 aliphatic carbocycles. The summed E-state index contributed by atoms with van der Waals surface area (Å²) in [5.41, 5.74) is 2.26. The van der Waals surface area contributed by atoms with E-state index in [1.165, 1.54) is 12.1 Å². The van der Waals surface area contributed by atoms with Gasteiger partial charge in [0.2, 0.25) is 0 Å². The van der Waals surface area contributed by atoms with Crippen LogP contribution in [0, 0.1) is 0 Å². The van der Waals surface area contributed by atoms with Gasteiger partial charge in [-0.3, -0.25) is 19.5 Å². The first-order valence-corrected chi connectivity index (χ1v) is 10.6. The van der Waals surface area contributed by atoms with E-state index in [2.05, 4.69) is 37.6 Å². The smallest absolute Gasteiger partial charge is 0.408 e. The van der Waals surface area contributed by atoms with Gasteiger partial charge in [0, 0.05) is 30.7 Å². The van der Waals surface area contributed by atoms with Gasteiger partial charge in [-0.2, -0.15) is 0 Å². The van der Waals surface area contributed by atoms with Crippen molar-refractivity contribution < 1.29 is 23.9 Å². The Labute approximate surface area is 180 Å². The lowest BCUT2D eigenvalue weighted by molar-refractivity contribution is -0.150. The predicted octanol–water partition coefficient (Wildman–Crippen LogP) is 1.53. The molecule has 1 fully saturated rings. The zero-order chi connectivity index (χ0) is 21.6. The monoisotopic (exact) mass is 474 g/mol. The Kier molecular flexibility index (Phi) is 8.47. The summed E-state index contributed by atoms with van der Waals surface area (Å²) in [5.74, 6) is -0.723. The SMILES string of the molecule is COC(=O)[C@@H]1CCCN(C(=O)[C@H](CN2CCC=C(Br)C2)NC(=O)OC(C)(C)C)N1. The molecule has 2 aliphatic heterocycles. The van der Waals surface area contributed by atoms with E-state index in [-0.39, 0.29) is 5.91 Å². The second kappa shape index (κ2) is 10.4. The van der Waals surface area contributed by atoms with Crippen LogP contribution >= 0.6 is 15.9 Å². The topological polar surface area (TPSA) is 100 Å². The third-order valence-corrected chi connectivity index (χ3v) is 5.13. The van der Waals surface area contributed by atoms with Crippen molar-refractivity contribution in [3.63, 3.8) is 0 Å². The number of nitrogens with zero attached hydrogens (tertiary/aromatic N) is 2. The van der Waals surface area contributed by atoms with Crippen LogP contribution in [0.2, 0.25) is 0 Å². The number of carbonyl (C=O) groups excluding carboxylic acids is 3. The summed E-state index contributed by atoms with van der Waals surface area (Å²) < 4.78 is 11.2. The number of hydrogen-bond donors (Lipinski definition) is 2. The highest BCUT2D eigenvalue weighted by molar-refractivity contribution is 9.11. The first kappa shape index (κ1) is 23.6. The van der Waals surface area contributed by atoms with Crippen molar-refractivity contribution in [1.29, 1.82) is 0 Å². The molecule has 0 aromatic carbocycles. The number of nitrogens with one attached hydrogen (secondary N) is 2. The van der Waals surface area contributed by atoms with Gasteiger partial charge in [0.1, 0.15) is 17.7 Å². The average Bonchev–Trinajstić information content (AvgIpc) is 2.65. The van der Waals surface area contributed by atoms with E-state index < -0.39 is 29.7 Å². The summed E-state index contributed by atoms with van der Waals surface area (Å²) >= 11 is 3.50. The summed E-state index contributed by atoms with van der Waals surface area (Å²) in [6.07, 6.45) is 3.56. The Hall–Kier alpha value is -1.65. The molecule has 0 radical (unpaired) electrons. The van der Waals surface area contributed by atoms with E-state index in [9.17, 15) is 14.4 Å². The Morgan fingerprint density at radius 1 is 1.34 bits per heavy atom. The number of alkyl carbamates (subject to hydrolysis) is 1. The van der Waals surface area contributed by atoms with Crippen LogP contribution in [0.1, 0.15) is 40.0 Å². The molecule has 2 rings (SSSR count). The second-order valence-corrected chi connectivity index (χ2v) is 9.23. The highest BCUT2D eigenvalue weighted by Crippen LogP contribution is 2.16. The van der Waals surface area contributed by atoms with Crippen LogP contribution in [0.4, 0.5) is 4.79 Å². The Balaban J connectivity index is 2.09. The second-order valence-electron chi connectivity index (χ2n) is 8.21. The lowest BCUT2D eigenvalue weighted by Crippen LogP contribution is -2.62. The summed E-state index contributed by atoms with van der Waals surface area (Å²) in [7, 11) is 1.32. The average molecular weight is 475 g/mol. The maximum Gasteiger partial charge on any atom is 0.408 e. The number of esters is 1. The van der Waals surface area contributed by atoms with Gasteiger partial charge in [-0.25, -0.2) is 10.2 Å². The Morgan fingerprint density at radius 3 is 2.69 bits per heavy atom. The predicted molar refractivity (Wildman–Crippen MR) is 111 cm³/mol. The lowest BCUT2D eigenvalue weighted by Gasteiger charge is -2.36. The minimum atomic E-state index is -0.813. The molecule has 0 unspecified atom stereocenters. The first-order valence-electron chi connectivity index (χ1n) is 9.81. The van der Waals surface area contributed by atoms with Gasteiger partial charge in [0.25, 0.3) is 5.91 Å². The fourth-order valence-corrected chi connectivity index (χ4v) is 3.84. The number of ether oxygens (including phenoxy) is 2. The number of carbonyl (C=O) groups is 3. The molecule has 9 nitrogen and oxygen atoms in total. The minimum absolute atomic E-state index is 0.310. The highest BCUT2D eigenvalue weighted by Gasteiger charge is 2.34. The molecular formula is C19H31BrN4O5. The Morgan fingerprint density at radius 2 is 2.07 bits per heavy atom. The van der Waals surface area contributed by atoms with Crippen LogP contribution in [0.15, 0.2) is 10.6 Å². The number of rotatable bonds is 5. The van der Waals surface area contributed by atoms with Crippen molar-refractivity contribution in [2.45, 2.75) is 57.7 Å². The number of halogens is 1. The van der Waals surface area contributed by atoms with E-state index in [0.717, 1.165) is 17.4 Å². The quantitative estimate of drug-likeness (QED) is 0.582. The molecule has 2 heterocycles. The third-order valence-electron chi connectivity index (χ3n) is 4.55. The first-order chi connectivity index (χ1) is 13.6. The van der Waals surface area contributed by atoms with Gasteiger partial charge in [0.15, 0.2) is 0 Å². The van der Waals surface area contributed by atoms with E-state index in [0.29, 0.717) is 32.5 Å². The van der Waals surface area contributed by atoms with E-state index in [4.69, 9.17) is 9.47 Å². The standard InChI is InChI=1S/C19H31BrN4O5/c1-19(2,3)29-18(27)21-15(12-23-9-5-7-13(20)11-23)16(25)24-10-6-8-14(22-24)17(26)28-4/h7,14-15,22H,5-6,8-12H2,1-4H3,(H,21,27)/t14-,15-/m0/s1. The molecule has 0 bridgehead atoms. The van der Waals surface area contributed by atoms with Crippen LogP contribution in [0.25, 0.3) is 0 Å². The zero-order valence-corrected chi connectivity index (χ0v) is 19.1. The van der Waals surface area contributed by atoms with Crippen molar-refractivity contribution in [3.8, 4) is 0 Å². The van der Waals surface area contributed by atoms with Crippen molar-refractivity contribution in [1.82, 2.24) is 20.7 Å². The van der Waals surface area contributed by atoms with Gasteiger partial charge in [-0.1, -0.05) is 22.0 Å².